The van der Waals surface area contributed by atoms with Crippen LogP contribution in [0, 0.1) is 0 Å². The zero-order valence-electron chi connectivity index (χ0n) is 22.5. The molecule has 0 unspecified atom stereocenters. The monoisotopic (exact) mass is 604 g/mol. The predicted molar refractivity (Wildman–Crippen MR) is 161 cm³/mol. The van der Waals surface area contributed by atoms with Gasteiger partial charge in [0.1, 0.15) is 17.2 Å². The minimum Gasteiger partial charge on any atom is -0.494 e. The van der Waals surface area contributed by atoms with E-state index < -0.39 is 17.8 Å². The number of rotatable bonds is 11. The van der Waals surface area contributed by atoms with E-state index in [2.05, 4.69) is 17.5 Å². The SMILES string of the molecule is CCCCOc1ccc(C(=O)N/N=C\c2ccc(OC(=O)c3ccc(Cl)cc3)cc2OC(=O)c2ccc(Cl)cc2)cc1. The number of carbonyl (C=O) groups excluding carboxylic acids is 3. The number of nitrogens with one attached hydrogen (secondary N) is 1. The smallest absolute Gasteiger partial charge is 0.343 e. The Morgan fingerprint density at radius 2 is 1.29 bits per heavy atom. The van der Waals surface area contributed by atoms with Crippen LogP contribution in [0.5, 0.6) is 17.2 Å². The Balaban J connectivity index is 1.50. The highest BCUT2D eigenvalue weighted by atomic mass is 35.5. The third-order valence-corrected chi connectivity index (χ3v) is 6.31. The van der Waals surface area contributed by atoms with Gasteiger partial charge in [0.2, 0.25) is 0 Å². The van der Waals surface area contributed by atoms with Crippen molar-refractivity contribution in [2.45, 2.75) is 19.8 Å². The van der Waals surface area contributed by atoms with E-state index in [0.717, 1.165) is 12.8 Å². The van der Waals surface area contributed by atoms with Crippen molar-refractivity contribution in [3.8, 4) is 17.2 Å². The van der Waals surface area contributed by atoms with Crippen LogP contribution in [0.2, 0.25) is 10.0 Å². The lowest BCUT2D eigenvalue weighted by atomic mass is 10.2. The van der Waals surface area contributed by atoms with Crippen molar-refractivity contribution in [3.63, 3.8) is 0 Å². The second-order valence-electron chi connectivity index (χ2n) is 8.92. The van der Waals surface area contributed by atoms with E-state index in [1.807, 2.05) is 0 Å². The molecule has 10 heteroatoms. The molecule has 0 bridgehead atoms. The van der Waals surface area contributed by atoms with Crippen LogP contribution >= 0.6 is 23.2 Å². The average molecular weight is 605 g/mol. The van der Waals surface area contributed by atoms with E-state index in [-0.39, 0.29) is 22.6 Å². The van der Waals surface area contributed by atoms with Crippen molar-refractivity contribution in [1.29, 1.82) is 0 Å². The molecule has 214 valence electrons. The zero-order chi connectivity index (χ0) is 29.9. The molecule has 4 aromatic carbocycles. The average Bonchev–Trinajstić information content (AvgIpc) is 2.99. The Labute approximate surface area is 252 Å². The summed E-state index contributed by atoms with van der Waals surface area (Å²) in [5.74, 6) is -0.906. The summed E-state index contributed by atoms with van der Waals surface area (Å²) in [6.07, 6.45) is 3.28. The van der Waals surface area contributed by atoms with E-state index >= 15 is 0 Å². The first-order valence-corrected chi connectivity index (χ1v) is 13.7. The molecule has 1 amide bonds. The van der Waals surface area contributed by atoms with Gasteiger partial charge in [-0.3, -0.25) is 4.79 Å². The number of nitrogens with zero attached hydrogens (tertiary/aromatic N) is 1. The molecule has 0 aliphatic carbocycles. The maximum absolute atomic E-state index is 12.8. The zero-order valence-corrected chi connectivity index (χ0v) is 24.0. The summed E-state index contributed by atoms with van der Waals surface area (Å²) in [7, 11) is 0. The maximum Gasteiger partial charge on any atom is 0.343 e. The van der Waals surface area contributed by atoms with Gasteiger partial charge in [0.25, 0.3) is 5.91 Å². The highest BCUT2D eigenvalue weighted by molar-refractivity contribution is 6.31. The number of unbranched alkanes of at least 4 members (excludes halogenated alkanes) is 1. The summed E-state index contributed by atoms with van der Waals surface area (Å²) in [5.41, 5.74) is 3.71. The van der Waals surface area contributed by atoms with Gasteiger partial charge in [-0.2, -0.15) is 5.10 Å². The van der Waals surface area contributed by atoms with Crippen LogP contribution in [0.15, 0.2) is 96.1 Å². The van der Waals surface area contributed by atoms with Crippen LogP contribution in [-0.4, -0.2) is 30.7 Å². The van der Waals surface area contributed by atoms with Crippen molar-refractivity contribution in [3.05, 3.63) is 123 Å². The normalized spacial score (nSPS) is 10.7. The summed E-state index contributed by atoms with van der Waals surface area (Å²) in [6, 6.07) is 23.5. The molecule has 4 rings (SSSR count). The molecule has 0 saturated carbocycles. The number of hydrogen-bond acceptors (Lipinski definition) is 7. The fraction of sp³-hybridized carbons (Fsp3) is 0.125. The summed E-state index contributed by atoms with van der Waals surface area (Å²) < 4.78 is 16.7. The Morgan fingerprint density at radius 3 is 1.88 bits per heavy atom. The molecule has 0 fully saturated rings. The summed E-state index contributed by atoms with van der Waals surface area (Å²) in [6.45, 7) is 2.69. The van der Waals surface area contributed by atoms with Gasteiger partial charge in [-0.25, -0.2) is 15.0 Å². The molecule has 0 aliphatic rings. The van der Waals surface area contributed by atoms with Crippen LogP contribution in [0.3, 0.4) is 0 Å². The Morgan fingerprint density at radius 1 is 0.738 bits per heavy atom. The first-order valence-electron chi connectivity index (χ1n) is 13.0. The van der Waals surface area contributed by atoms with E-state index in [9.17, 15) is 14.4 Å². The molecule has 0 saturated heterocycles. The van der Waals surface area contributed by atoms with Crippen molar-refractivity contribution in [1.82, 2.24) is 5.43 Å². The second-order valence-corrected chi connectivity index (χ2v) is 9.79. The maximum atomic E-state index is 12.8. The quantitative estimate of drug-likeness (QED) is 0.0630. The number of esters is 2. The molecule has 0 atom stereocenters. The van der Waals surface area contributed by atoms with Crippen LogP contribution < -0.4 is 19.6 Å². The third kappa shape index (κ3) is 8.67. The number of ether oxygens (including phenoxy) is 3. The molecule has 0 spiro atoms. The van der Waals surface area contributed by atoms with Gasteiger partial charge in [-0.1, -0.05) is 36.5 Å². The lowest BCUT2D eigenvalue weighted by Gasteiger charge is -2.11. The van der Waals surface area contributed by atoms with Gasteiger partial charge in [0, 0.05) is 27.2 Å². The number of amides is 1. The minimum atomic E-state index is -0.673. The highest BCUT2D eigenvalue weighted by Gasteiger charge is 2.15. The largest absolute Gasteiger partial charge is 0.494 e. The standard InChI is InChI=1S/C32H26Cl2N2O6/c1-2-3-18-40-27-15-8-21(9-16-27)30(37)36-35-20-24-10-17-28(41-31(38)22-4-11-25(33)12-5-22)19-29(24)42-32(39)23-6-13-26(34)14-7-23/h4-17,19-20H,2-3,18H2,1H3,(H,36,37)/b35-20-. The molecule has 4 aromatic rings. The molecular formula is C32H26Cl2N2O6. The lowest BCUT2D eigenvalue weighted by Crippen LogP contribution is -2.17. The fourth-order valence-electron chi connectivity index (χ4n) is 3.53. The van der Waals surface area contributed by atoms with E-state index in [1.54, 1.807) is 48.5 Å². The molecule has 0 aliphatic heterocycles. The molecule has 1 N–H and O–H groups in total. The molecule has 0 aromatic heterocycles. The fourth-order valence-corrected chi connectivity index (χ4v) is 3.78. The number of hydrazone groups is 1. The van der Waals surface area contributed by atoms with Gasteiger partial charge in [-0.15, -0.1) is 0 Å². The van der Waals surface area contributed by atoms with Gasteiger partial charge >= 0.3 is 11.9 Å². The van der Waals surface area contributed by atoms with Gasteiger partial charge in [0.05, 0.1) is 23.9 Å². The summed E-state index contributed by atoms with van der Waals surface area (Å²) in [5, 5.41) is 4.96. The first-order chi connectivity index (χ1) is 20.3. The Kier molecular flexibility index (Phi) is 10.7. The van der Waals surface area contributed by atoms with E-state index in [4.69, 9.17) is 37.4 Å². The summed E-state index contributed by atoms with van der Waals surface area (Å²) in [4.78, 5) is 38.0. The van der Waals surface area contributed by atoms with Crippen molar-refractivity contribution in [2.24, 2.45) is 5.10 Å². The first kappa shape index (κ1) is 30.3. The molecule has 0 radical (unpaired) electrons. The molecule has 8 nitrogen and oxygen atoms in total. The molecule has 0 heterocycles. The summed E-state index contributed by atoms with van der Waals surface area (Å²) >= 11 is 11.8. The Bertz CT molecular complexity index is 1570. The second kappa shape index (κ2) is 14.8. The number of benzene rings is 4. The predicted octanol–water partition coefficient (Wildman–Crippen LogP) is 7.37. The third-order valence-electron chi connectivity index (χ3n) is 5.81. The number of carbonyl (C=O) groups is 3. The van der Waals surface area contributed by atoms with Crippen molar-refractivity contribution in [2.75, 3.05) is 6.61 Å². The van der Waals surface area contributed by atoms with Gasteiger partial charge < -0.3 is 14.2 Å². The molecule has 42 heavy (non-hydrogen) atoms. The minimum absolute atomic E-state index is 0.0444. The number of halogens is 2. The molecular weight excluding hydrogens is 579 g/mol. The topological polar surface area (TPSA) is 103 Å². The Hall–Kier alpha value is -4.66. The van der Waals surface area contributed by atoms with Gasteiger partial charge in [0.15, 0.2) is 0 Å². The van der Waals surface area contributed by atoms with E-state index in [0.29, 0.717) is 33.5 Å². The van der Waals surface area contributed by atoms with Crippen LogP contribution in [0.4, 0.5) is 0 Å². The van der Waals surface area contributed by atoms with Crippen molar-refractivity contribution >= 4 is 47.3 Å². The van der Waals surface area contributed by atoms with Crippen LogP contribution in [0.25, 0.3) is 0 Å². The van der Waals surface area contributed by atoms with E-state index in [1.165, 1.54) is 48.7 Å². The van der Waals surface area contributed by atoms with Crippen LogP contribution in [-0.2, 0) is 0 Å². The number of hydrogen-bond donors (Lipinski definition) is 1. The highest BCUT2D eigenvalue weighted by Crippen LogP contribution is 2.26. The van der Waals surface area contributed by atoms with Crippen LogP contribution in [0.1, 0.15) is 56.4 Å². The van der Waals surface area contributed by atoms with Crippen molar-refractivity contribution < 1.29 is 28.6 Å². The lowest BCUT2D eigenvalue weighted by molar-refractivity contribution is 0.0732. The van der Waals surface area contributed by atoms with Gasteiger partial charge in [-0.05, 0) is 91.3 Å².